The van der Waals surface area contributed by atoms with Crippen LogP contribution >= 0.6 is 0 Å². The monoisotopic (exact) mass is 314 g/mol. The van der Waals surface area contributed by atoms with Crippen molar-refractivity contribution >= 4 is 0 Å². The van der Waals surface area contributed by atoms with E-state index in [1.54, 1.807) is 11.1 Å². The number of unbranched alkanes of at least 4 members (excludes halogenated alkanes) is 5. The fraction of sp³-hybridized carbons (Fsp3) is 0.333. The molecular formula is C24H26. The lowest BCUT2D eigenvalue weighted by Crippen LogP contribution is -1.88. The molecule has 0 atom stereocenters. The van der Waals surface area contributed by atoms with Gasteiger partial charge in [0.2, 0.25) is 0 Å². The summed E-state index contributed by atoms with van der Waals surface area (Å²) in [6, 6.07) is 0. The topological polar surface area (TPSA) is 0 Å². The molecule has 0 radical (unpaired) electrons. The zero-order valence-corrected chi connectivity index (χ0v) is 14.4. The Morgan fingerprint density at radius 1 is 0.458 bits per heavy atom. The molecule has 0 nitrogen and oxygen atoms in total. The van der Waals surface area contributed by atoms with Crippen molar-refractivity contribution in [3.05, 3.63) is 94.2 Å². The molecule has 0 aromatic heterocycles. The first-order chi connectivity index (χ1) is 11.9. The van der Waals surface area contributed by atoms with Crippen molar-refractivity contribution in [3.8, 4) is 0 Å². The molecule has 0 saturated heterocycles. The Labute approximate surface area is 146 Å². The molecule has 4 aliphatic rings. The molecule has 0 heterocycles. The SMILES string of the molecule is C1=CC2=CC=C(CCCCCCCCC3=CC=C4C=CC=C43)C2=C1. The molecule has 0 aliphatic heterocycles. The summed E-state index contributed by atoms with van der Waals surface area (Å²) in [5.74, 6) is 0. The van der Waals surface area contributed by atoms with Crippen LogP contribution in [0.5, 0.6) is 0 Å². The first kappa shape index (κ1) is 15.4. The van der Waals surface area contributed by atoms with Crippen LogP contribution in [0.25, 0.3) is 0 Å². The van der Waals surface area contributed by atoms with Crippen LogP contribution in [0, 0.1) is 0 Å². The Bertz CT molecular complexity index is 688. The van der Waals surface area contributed by atoms with Gasteiger partial charge in [0.1, 0.15) is 0 Å². The average Bonchev–Trinajstić information content (AvgIpc) is 3.32. The van der Waals surface area contributed by atoms with Crippen molar-refractivity contribution in [2.45, 2.75) is 51.4 Å². The van der Waals surface area contributed by atoms with Crippen molar-refractivity contribution in [2.75, 3.05) is 0 Å². The van der Waals surface area contributed by atoms with Crippen LogP contribution in [0.3, 0.4) is 0 Å². The van der Waals surface area contributed by atoms with Crippen LogP contribution in [0.15, 0.2) is 94.2 Å². The Balaban J connectivity index is 1.04. The van der Waals surface area contributed by atoms with Crippen molar-refractivity contribution < 1.29 is 0 Å². The molecule has 122 valence electrons. The normalized spacial score (nSPS) is 19.7. The third-order valence-electron chi connectivity index (χ3n) is 5.46. The van der Waals surface area contributed by atoms with Gasteiger partial charge in [0.05, 0.1) is 0 Å². The molecule has 4 aliphatic carbocycles. The highest BCUT2D eigenvalue weighted by atomic mass is 14.2. The first-order valence-electron chi connectivity index (χ1n) is 9.52. The molecule has 0 saturated carbocycles. The Morgan fingerprint density at radius 2 is 0.917 bits per heavy atom. The second-order valence-corrected chi connectivity index (χ2v) is 7.13. The number of hydrogen-bond donors (Lipinski definition) is 0. The van der Waals surface area contributed by atoms with Gasteiger partial charge in [0, 0.05) is 0 Å². The van der Waals surface area contributed by atoms with Crippen LogP contribution in [-0.2, 0) is 0 Å². The summed E-state index contributed by atoms with van der Waals surface area (Å²) in [7, 11) is 0. The molecule has 0 N–H and O–H groups in total. The average molecular weight is 314 g/mol. The van der Waals surface area contributed by atoms with E-state index >= 15 is 0 Å². The molecule has 0 heteroatoms. The van der Waals surface area contributed by atoms with Gasteiger partial charge in [-0.1, -0.05) is 86.4 Å². The summed E-state index contributed by atoms with van der Waals surface area (Å²) in [6.45, 7) is 0. The van der Waals surface area contributed by atoms with E-state index in [1.165, 1.54) is 73.7 Å². The first-order valence-corrected chi connectivity index (χ1v) is 9.52. The fourth-order valence-electron chi connectivity index (χ4n) is 4.08. The Morgan fingerprint density at radius 3 is 1.42 bits per heavy atom. The molecule has 4 rings (SSSR count). The van der Waals surface area contributed by atoms with Gasteiger partial charge in [-0.05, 0) is 59.1 Å². The summed E-state index contributed by atoms with van der Waals surface area (Å²) in [6.07, 6.45) is 33.1. The Hall–Kier alpha value is -2.08. The molecule has 0 spiro atoms. The minimum absolute atomic E-state index is 1.25. The van der Waals surface area contributed by atoms with E-state index in [2.05, 4.69) is 60.8 Å². The lowest BCUT2D eigenvalue weighted by molar-refractivity contribution is 0.594. The second kappa shape index (κ2) is 7.21. The standard InChI is InChI=1S/C24H26/c1(3-5-9-19-15-17-21-11-7-13-23(19)21)2-4-6-10-20-16-18-22-12-8-14-24(20)22/h7-8,11-18H,1-6,9-10H2. The lowest BCUT2D eigenvalue weighted by atomic mass is 9.98. The van der Waals surface area contributed by atoms with E-state index in [1.807, 2.05) is 0 Å². The highest BCUT2D eigenvalue weighted by Gasteiger charge is 2.16. The Kier molecular flexibility index (Phi) is 4.64. The quantitative estimate of drug-likeness (QED) is 0.409. The van der Waals surface area contributed by atoms with Crippen molar-refractivity contribution in [1.29, 1.82) is 0 Å². The van der Waals surface area contributed by atoms with E-state index in [-0.39, 0.29) is 0 Å². The van der Waals surface area contributed by atoms with Crippen LogP contribution in [0.2, 0.25) is 0 Å². The summed E-state index contributed by atoms with van der Waals surface area (Å²) in [5, 5.41) is 0. The van der Waals surface area contributed by atoms with Gasteiger partial charge < -0.3 is 0 Å². The van der Waals surface area contributed by atoms with E-state index in [4.69, 9.17) is 0 Å². The van der Waals surface area contributed by atoms with Gasteiger partial charge in [-0.15, -0.1) is 0 Å². The van der Waals surface area contributed by atoms with Gasteiger partial charge in [-0.25, -0.2) is 0 Å². The summed E-state index contributed by atoms with van der Waals surface area (Å²) >= 11 is 0. The highest BCUT2D eigenvalue weighted by molar-refractivity contribution is 5.64. The smallest absolute Gasteiger partial charge is 0.0152 e. The van der Waals surface area contributed by atoms with E-state index in [0.29, 0.717) is 0 Å². The van der Waals surface area contributed by atoms with Crippen LogP contribution in [0.4, 0.5) is 0 Å². The number of hydrogen-bond acceptors (Lipinski definition) is 0. The summed E-state index contributed by atoms with van der Waals surface area (Å²) in [4.78, 5) is 0. The van der Waals surface area contributed by atoms with Crippen molar-refractivity contribution in [2.24, 2.45) is 0 Å². The molecule has 0 amide bonds. The fourth-order valence-corrected chi connectivity index (χ4v) is 4.08. The van der Waals surface area contributed by atoms with Crippen LogP contribution in [-0.4, -0.2) is 0 Å². The number of rotatable bonds is 9. The third kappa shape index (κ3) is 3.24. The van der Waals surface area contributed by atoms with E-state index in [9.17, 15) is 0 Å². The van der Waals surface area contributed by atoms with Gasteiger partial charge in [0.25, 0.3) is 0 Å². The molecule has 0 aromatic carbocycles. The molecule has 0 bridgehead atoms. The van der Waals surface area contributed by atoms with Crippen LogP contribution < -0.4 is 0 Å². The predicted molar refractivity (Wildman–Crippen MR) is 104 cm³/mol. The molecule has 24 heavy (non-hydrogen) atoms. The lowest BCUT2D eigenvalue weighted by Gasteiger charge is -2.07. The van der Waals surface area contributed by atoms with Crippen LogP contribution in [0.1, 0.15) is 51.4 Å². The van der Waals surface area contributed by atoms with Crippen molar-refractivity contribution in [3.63, 3.8) is 0 Å². The van der Waals surface area contributed by atoms with E-state index in [0.717, 1.165) is 0 Å². The minimum atomic E-state index is 1.25. The van der Waals surface area contributed by atoms with Gasteiger partial charge in [-0.2, -0.15) is 0 Å². The molecule has 0 unspecified atom stereocenters. The second-order valence-electron chi connectivity index (χ2n) is 7.13. The highest BCUT2D eigenvalue weighted by Crippen LogP contribution is 2.35. The summed E-state index contributed by atoms with van der Waals surface area (Å²) in [5.41, 5.74) is 8.87. The molecule has 0 fully saturated rings. The maximum Gasteiger partial charge on any atom is -0.0152 e. The predicted octanol–water partition coefficient (Wildman–Crippen LogP) is 6.83. The third-order valence-corrected chi connectivity index (χ3v) is 5.46. The van der Waals surface area contributed by atoms with Gasteiger partial charge in [0.15, 0.2) is 0 Å². The van der Waals surface area contributed by atoms with Gasteiger partial charge in [-0.3, -0.25) is 0 Å². The summed E-state index contributed by atoms with van der Waals surface area (Å²) < 4.78 is 0. The van der Waals surface area contributed by atoms with E-state index < -0.39 is 0 Å². The largest absolute Gasteiger partial charge is 0.0610 e. The maximum absolute atomic E-state index is 2.31. The van der Waals surface area contributed by atoms with Gasteiger partial charge >= 0.3 is 0 Å². The number of allylic oxidation sites excluding steroid dienone is 16. The van der Waals surface area contributed by atoms with Crippen molar-refractivity contribution in [1.82, 2.24) is 0 Å². The minimum Gasteiger partial charge on any atom is -0.0610 e. The zero-order valence-electron chi connectivity index (χ0n) is 14.4. The molecular weight excluding hydrogens is 288 g/mol. The maximum atomic E-state index is 2.31. The number of fused-ring (bicyclic) bond motifs is 2. The molecule has 0 aromatic rings. The zero-order chi connectivity index (χ0) is 16.2.